The molecule has 1 aromatic heterocycles. The Bertz CT molecular complexity index is 769. The average Bonchev–Trinajstić information content (AvgIpc) is 3.24. The first-order valence-electron chi connectivity index (χ1n) is 11.1. The molecule has 4 atom stereocenters. The third-order valence-electron chi connectivity index (χ3n) is 4.99. The fourth-order valence-corrected chi connectivity index (χ4v) is 3.15. The van der Waals surface area contributed by atoms with Gasteiger partial charge in [0.15, 0.2) is 0 Å². The molecule has 12 heteroatoms. The van der Waals surface area contributed by atoms with Crippen molar-refractivity contribution < 1.29 is 24.3 Å². The Morgan fingerprint density at radius 3 is 2.24 bits per heavy atom. The van der Waals surface area contributed by atoms with E-state index in [0.29, 0.717) is 31.5 Å². The SMILES string of the molecule is CC(C)CC(N)C(=O)NC(Cc1cnc[nH]1)C(=O)NC(C)C(=O)NC(CCCCN)C(=O)O. The maximum Gasteiger partial charge on any atom is 0.326 e. The Balaban J connectivity index is 2.80. The number of carboxylic acid groups (broad SMARTS) is 1. The number of hydrogen-bond acceptors (Lipinski definition) is 7. The van der Waals surface area contributed by atoms with Gasteiger partial charge in [0.25, 0.3) is 0 Å². The van der Waals surface area contributed by atoms with E-state index in [1.54, 1.807) is 0 Å². The van der Waals surface area contributed by atoms with Gasteiger partial charge in [0.1, 0.15) is 18.1 Å². The molecule has 1 rings (SSSR count). The molecule has 3 amide bonds. The molecule has 9 N–H and O–H groups in total. The van der Waals surface area contributed by atoms with Crippen LogP contribution in [-0.4, -0.2) is 69.5 Å². The topological polar surface area (TPSA) is 205 Å². The molecule has 0 spiro atoms. The number of nitrogens with one attached hydrogen (secondary N) is 4. The Hall–Kier alpha value is -2.99. The highest BCUT2D eigenvalue weighted by atomic mass is 16.4. The van der Waals surface area contributed by atoms with Crippen LogP contribution in [0, 0.1) is 5.92 Å². The zero-order valence-corrected chi connectivity index (χ0v) is 19.5. The molecule has 0 fully saturated rings. The quantitative estimate of drug-likeness (QED) is 0.159. The van der Waals surface area contributed by atoms with E-state index in [1.807, 2.05) is 13.8 Å². The Kier molecular flexibility index (Phi) is 12.1. The van der Waals surface area contributed by atoms with Gasteiger partial charge < -0.3 is 37.5 Å². The summed E-state index contributed by atoms with van der Waals surface area (Å²) in [5.74, 6) is -2.70. The van der Waals surface area contributed by atoms with Crippen molar-refractivity contribution in [2.24, 2.45) is 17.4 Å². The lowest BCUT2D eigenvalue weighted by Crippen LogP contribution is -2.57. The number of nitrogens with zero attached hydrogens (tertiary/aromatic N) is 1. The van der Waals surface area contributed by atoms with E-state index in [4.69, 9.17) is 11.5 Å². The number of unbranched alkanes of at least 4 members (excludes halogenated alkanes) is 1. The van der Waals surface area contributed by atoms with Gasteiger partial charge in [-0.25, -0.2) is 9.78 Å². The standard InChI is InChI=1S/C21H37N7O5/c1-12(2)8-15(23)19(30)28-17(9-14-10-24-11-25-14)20(31)26-13(3)18(29)27-16(21(32)33)6-4-5-7-22/h10-13,15-17H,4-9,22-23H2,1-3H3,(H,24,25)(H,26,31)(H,27,29)(H,28,30)(H,32,33). The normalized spacial score (nSPS) is 14.7. The fourth-order valence-electron chi connectivity index (χ4n) is 3.15. The van der Waals surface area contributed by atoms with Gasteiger partial charge in [0, 0.05) is 18.3 Å². The molecule has 0 aromatic carbocycles. The van der Waals surface area contributed by atoms with Crippen molar-refractivity contribution in [2.75, 3.05) is 6.54 Å². The number of aromatic nitrogens is 2. The number of imidazole rings is 1. The lowest BCUT2D eigenvalue weighted by molar-refractivity contribution is -0.142. The lowest BCUT2D eigenvalue weighted by Gasteiger charge is -2.23. The number of carboxylic acids is 1. The average molecular weight is 468 g/mol. The summed E-state index contributed by atoms with van der Waals surface area (Å²) in [5.41, 5.74) is 12.0. The van der Waals surface area contributed by atoms with Crippen LogP contribution < -0.4 is 27.4 Å². The van der Waals surface area contributed by atoms with E-state index < -0.39 is 47.9 Å². The number of carbonyl (C=O) groups excluding carboxylic acids is 3. The van der Waals surface area contributed by atoms with Gasteiger partial charge in [-0.05, 0) is 45.1 Å². The molecule has 0 aliphatic rings. The maximum absolute atomic E-state index is 12.9. The molecule has 33 heavy (non-hydrogen) atoms. The molecule has 0 aliphatic heterocycles. The van der Waals surface area contributed by atoms with Crippen molar-refractivity contribution in [3.63, 3.8) is 0 Å². The minimum Gasteiger partial charge on any atom is -0.480 e. The van der Waals surface area contributed by atoms with Gasteiger partial charge in [-0.15, -0.1) is 0 Å². The maximum atomic E-state index is 12.9. The summed E-state index contributed by atoms with van der Waals surface area (Å²) in [4.78, 5) is 56.0. The zero-order valence-electron chi connectivity index (χ0n) is 19.5. The summed E-state index contributed by atoms with van der Waals surface area (Å²) in [5, 5.41) is 16.9. The number of nitrogens with two attached hydrogens (primary N) is 2. The van der Waals surface area contributed by atoms with Crippen molar-refractivity contribution >= 4 is 23.7 Å². The van der Waals surface area contributed by atoms with E-state index in [0.717, 1.165) is 0 Å². The molecule has 186 valence electrons. The van der Waals surface area contributed by atoms with Crippen LogP contribution in [0.15, 0.2) is 12.5 Å². The number of carbonyl (C=O) groups is 4. The van der Waals surface area contributed by atoms with E-state index >= 15 is 0 Å². The molecule has 0 bridgehead atoms. The van der Waals surface area contributed by atoms with Crippen LogP contribution in [0.2, 0.25) is 0 Å². The third-order valence-corrected chi connectivity index (χ3v) is 4.99. The first kappa shape index (κ1) is 28.0. The highest BCUT2D eigenvalue weighted by molar-refractivity contribution is 5.94. The predicted octanol–water partition coefficient (Wildman–Crippen LogP) is -0.986. The van der Waals surface area contributed by atoms with E-state index in [1.165, 1.54) is 19.4 Å². The van der Waals surface area contributed by atoms with Gasteiger partial charge in [-0.1, -0.05) is 13.8 Å². The van der Waals surface area contributed by atoms with Gasteiger partial charge in [0.05, 0.1) is 12.4 Å². The lowest BCUT2D eigenvalue weighted by atomic mass is 10.0. The van der Waals surface area contributed by atoms with Gasteiger partial charge >= 0.3 is 5.97 Å². The zero-order chi connectivity index (χ0) is 25.0. The van der Waals surface area contributed by atoms with Gasteiger partial charge in [-0.3, -0.25) is 14.4 Å². The molecule has 0 saturated carbocycles. The number of hydrogen-bond donors (Lipinski definition) is 7. The second-order valence-electron chi connectivity index (χ2n) is 8.49. The Morgan fingerprint density at radius 1 is 1.03 bits per heavy atom. The van der Waals surface area contributed by atoms with Crippen molar-refractivity contribution in [3.8, 4) is 0 Å². The van der Waals surface area contributed by atoms with Crippen LogP contribution in [0.1, 0.15) is 52.1 Å². The van der Waals surface area contributed by atoms with E-state index in [-0.39, 0.29) is 18.8 Å². The number of rotatable bonds is 15. The van der Waals surface area contributed by atoms with Gasteiger partial charge in [-0.2, -0.15) is 0 Å². The number of aromatic amines is 1. The first-order valence-corrected chi connectivity index (χ1v) is 11.1. The molecule has 0 saturated heterocycles. The summed E-state index contributed by atoms with van der Waals surface area (Å²) < 4.78 is 0. The van der Waals surface area contributed by atoms with Crippen molar-refractivity contribution in [1.29, 1.82) is 0 Å². The third kappa shape index (κ3) is 10.4. The highest BCUT2D eigenvalue weighted by Crippen LogP contribution is 2.06. The number of H-pyrrole nitrogens is 1. The molecular formula is C21H37N7O5. The molecule has 0 radical (unpaired) electrons. The number of amides is 3. The van der Waals surface area contributed by atoms with Crippen LogP contribution >= 0.6 is 0 Å². The summed E-state index contributed by atoms with van der Waals surface area (Å²) in [6.45, 7) is 5.73. The van der Waals surface area contributed by atoms with Crippen LogP contribution in [0.5, 0.6) is 0 Å². The van der Waals surface area contributed by atoms with Crippen LogP contribution in [0.4, 0.5) is 0 Å². The molecule has 1 aromatic rings. The molecular weight excluding hydrogens is 430 g/mol. The second kappa shape index (κ2) is 14.2. The fraction of sp³-hybridized carbons (Fsp3) is 0.667. The van der Waals surface area contributed by atoms with Crippen LogP contribution in [-0.2, 0) is 25.6 Å². The molecule has 1 heterocycles. The van der Waals surface area contributed by atoms with Crippen LogP contribution in [0.3, 0.4) is 0 Å². The highest BCUT2D eigenvalue weighted by Gasteiger charge is 2.28. The van der Waals surface area contributed by atoms with Gasteiger partial charge in [0.2, 0.25) is 17.7 Å². The van der Waals surface area contributed by atoms with Crippen LogP contribution in [0.25, 0.3) is 0 Å². The van der Waals surface area contributed by atoms with E-state index in [9.17, 15) is 24.3 Å². The Labute approximate surface area is 193 Å². The molecule has 4 unspecified atom stereocenters. The molecule has 0 aliphatic carbocycles. The summed E-state index contributed by atoms with van der Waals surface area (Å²) in [6.07, 6.45) is 4.94. The minimum atomic E-state index is -1.16. The largest absolute Gasteiger partial charge is 0.480 e. The summed E-state index contributed by atoms with van der Waals surface area (Å²) in [6, 6.07) is -3.91. The smallest absolute Gasteiger partial charge is 0.326 e. The van der Waals surface area contributed by atoms with Crippen molar-refractivity contribution in [3.05, 3.63) is 18.2 Å². The molecule has 12 nitrogen and oxygen atoms in total. The summed E-state index contributed by atoms with van der Waals surface area (Å²) in [7, 11) is 0. The van der Waals surface area contributed by atoms with E-state index in [2.05, 4.69) is 25.9 Å². The summed E-state index contributed by atoms with van der Waals surface area (Å²) >= 11 is 0. The van der Waals surface area contributed by atoms with Crippen molar-refractivity contribution in [1.82, 2.24) is 25.9 Å². The second-order valence-corrected chi connectivity index (χ2v) is 8.49. The first-order chi connectivity index (χ1) is 15.5. The minimum absolute atomic E-state index is 0.108. The number of aliphatic carboxylic acids is 1. The van der Waals surface area contributed by atoms with Crippen molar-refractivity contribution in [2.45, 2.75) is 77.0 Å². The predicted molar refractivity (Wildman–Crippen MR) is 122 cm³/mol. The monoisotopic (exact) mass is 467 g/mol. The Morgan fingerprint density at radius 2 is 1.70 bits per heavy atom.